The molecule has 1 fully saturated rings. The molecule has 1 saturated heterocycles. The summed E-state index contributed by atoms with van der Waals surface area (Å²) in [4.78, 5) is 4.12. The van der Waals surface area contributed by atoms with Crippen LogP contribution in [0.25, 0.3) is 0 Å². The highest BCUT2D eigenvalue weighted by molar-refractivity contribution is 7.92. The summed E-state index contributed by atoms with van der Waals surface area (Å²) in [6.45, 7) is 0.615. The molecule has 1 aromatic rings. The smallest absolute Gasteiger partial charge is 0.195 e. The van der Waals surface area contributed by atoms with Crippen LogP contribution in [0.3, 0.4) is 0 Å². The van der Waals surface area contributed by atoms with E-state index >= 15 is 0 Å². The molecule has 1 atom stereocenters. The summed E-state index contributed by atoms with van der Waals surface area (Å²) in [6.07, 6.45) is 4.56. The van der Waals surface area contributed by atoms with E-state index in [0.29, 0.717) is 24.6 Å². The summed E-state index contributed by atoms with van der Waals surface area (Å²) in [5.74, 6) is 1.59. The Morgan fingerprint density at radius 3 is 3.06 bits per heavy atom. The summed E-state index contributed by atoms with van der Waals surface area (Å²) >= 11 is 0. The maximum absolute atomic E-state index is 11.8. The third-order valence-electron chi connectivity index (χ3n) is 3.07. The van der Waals surface area contributed by atoms with Gasteiger partial charge in [-0.05, 0) is 19.9 Å². The second-order valence-electron chi connectivity index (χ2n) is 4.44. The maximum atomic E-state index is 11.8. The zero-order valence-electron chi connectivity index (χ0n) is 9.98. The first kappa shape index (κ1) is 12.6. The average Bonchev–Trinajstić information content (AvgIpc) is 2.70. The van der Waals surface area contributed by atoms with Gasteiger partial charge in [0.15, 0.2) is 15.7 Å². The van der Waals surface area contributed by atoms with Crippen molar-refractivity contribution in [1.82, 2.24) is 10.3 Å². The molecule has 0 radical (unpaired) electrons. The standard InChI is InChI=1S/C11H18N2O3S/c1-12-7-9-8-13-11(16-9)6-10-4-2-3-5-17(10,14)15/h8,10,12H,2-7H2,1H3. The van der Waals surface area contributed by atoms with Crippen LogP contribution in [0.15, 0.2) is 10.6 Å². The Morgan fingerprint density at radius 1 is 1.53 bits per heavy atom. The first-order chi connectivity index (χ1) is 8.12. The molecular weight excluding hydrogens is 240 g/mol. The number of hydrogen-bond acceptors (Lipinski definition) is 5. The van der Waals surface area contributed by atoms with Gasteiger partial charge < -0.3 is 9.73 Å². The zero-order valence-corrected chi connectivity index (χ0v) is 10.8. The molecule has 0 amide bonds. The van der Waals surface area contributed by atoms with Gasteiger partial charge in [-0.1, -0.05) is 6.42 Å². The molecule has 0 saturated carbocycles. The Morgan fingerprint density at radius 2 is 2.35 bits per heavy atom. The number of oxazole rings is 1. The first-order valence-corrected chi connectivity index (χ1v) is 7.63. The van der Waals surface area contributed by atoms with Gasteiger partial charge in [-0.3, -0.25) is 0 Å². The second-order valence-corrected chi connectivity index (χ2v) is 6.84. The number of hydrogen-bond donors (Lipinski definition) is 1. The van der Waals surface area contributed by atoms with Gasteiger partial charge in [0.25, 0.3) is 0 Å². The molecule has 1 aliphatic heterocycles. The molecule has 1 aliphatic rings. The van der Waals surface area contributed by atoms with Crippen LogP contribution >= 0.6 is 0 Å². The van der Waals surface area contributed by atoms with Gasteiger partial charge >= 0.3 is 0 Å². The monoisotopic (exact) mass is 258 g/mol. The quantitative estimate of drug-likeness (QED) is 0.869. The zero-order chi connectivity index (χ0) is 12.3. The van der Waals surface area contributed by atoms with Crippen LogP contribution in [0.1, 0.15) is 30.9 Å². The first-order valence-electron chi connectivity index (χ1n) is 5.91. The highest BCUT2D eigenvalue weighted by Gasteiger charge is 2.30. The predicted octanol–water partition coefficient (Wildman–Crippen LogP) is 0.904. The van der Waals surface area contributed by atoms with Gasteiger partial charge in [-0.25, -0.2) is 13.4 Å². The van der Waals surface area contributed by atoms with Crippen LogP contribution in [0.4, 0.5) is 0 Å². The van der Waals surface area contributed by atoms with Crippen molar-refractivity contribution in [3.63, 3.8) is 0 Å². The van der Waals surface area contributed by atoms with Gasteiger partial charge in [0.2, 0.25) is 0 Å². The van der Waals surface area contributed by atoms with Crippen molar-refractivity contribution >= 4 is 9.84 Å². The van der Waals surface area contributed by atoms with Gasteiger partial charge in [-0.15, -0.1) is 0 Å². The van der Waals surface area contributed by atoms with Crippen molar-refractivity contribution < 1.29 is 12.8 Å². The molecule has 1 aromatic heterocycles. The van der Waals surface area contributed by atoms with Crippen molar-refractivity contribution in [2.45, 2.75) is 37.5 Å². The summed E-state index contributed by atoms with van der Waals surface area (Å²) in [5, 5.41) is 2.66. The van der Waals surface area contributed by atoms with E-state index in [1.807, 2.05) is 7.05 Å². The fourth-order valence-electron chi connectivity index (χ4n) is 2.14. The molecular formula is C11H18N2O3S. The number of nitrogens with zero attached hydrogens (tertiary/aromatic N) is 1. The Balaban J connectivity index is 2.04. The molecule has 5 nitrogen and oxygen atoms in total. The van der Waals surface area contributed by atoms with Gasteiger partial charge in [0, 0.05) is 6.42 Å². The molecule has 2 rings (SSSR count). The van der Waals surface area contributed by atoms with E-state index in [-0.39, 0.29) is 5.25 Å². The van der Waals surface area contributed by atoms with Gasteiger partial charge in [0.1, 0.15) is 5.76 Å². The van der Waals surface area contributed by atoms with Crippen LogP contribution in [-0.2, 0) is 22.8 Å². The van der Waals surface area contributed by atoms with E-state index in [1.54, 1.807) is 6.20 Å². The van der Waals surface area contributed by atoms with Crippen molar-refractivity contribution in [1.29, 1.82) is 0 Å². The number of rotatable bonds is 4. The highest BCUT2D eigenvalue weighted by atomic mass is 32.2. The molecule has 0 aromatic carbocycles. The lowest BCUT2D eigenvalue weighted by Gasteiger charge is -2.20. The maximum Gasteiger partial charge on any atom is 0.195 e. The molecule has 96 valence electrons. The summed E-state index contributed by atoms with van der Waals surface area (Å²) in [7, 11) is -1.11. The number of aromatic nitrogens is 1. The number of nitrogens with one attached hydrogen (secondary N) is 1. The van der Waals surface area contributed by atoms with E-state index in [2.05, 4.69) is 10.3 Å². The van der Waals surface area contributed by atoms with Crippen molar-refractivity contribution in [3.05, 3.63) is 17.8 Å². The van der Waals surface area contributed by atoms with Crippen LogP contribution in [-0.4, -0.2) is 31.5 Å². The Hall–Kier alpha value is -0.880. The van der Waals surface area contributed by atoms with E-state index in [1.165, 1.54) is 0 Å². The lowest BCUT2D eigenvalue weighted by atomic mass is 10.1. The second kappa shape index (κ2) is 5.18. The van der Waals surface area contributed by atoms with Gasteiger partial charge in [-0.2, -0.15) is 0 Å². The fraction of sp³-hybridized carbons (Fsp3) is 0.727. The highest BCUT2D eigenvalue weighted by Crippen LogP contribution is 2.22. The van der Waals surface area contributed by atoms with Crippen molar-refractivity contribution in [3.8, 4) is 0 Å². The summed E-state index contributed by atoms with van der Waals surface area (Å²) in [5.41, 5.74) is 0. The topological polar surface area (TPSA) is 72.2 Å². The number of sulfone groups is 1. The SMILES string of the molecule is CNCc1cnc(CC2CCCCS2(=O)=O)o1. The fourth-order valence-corrected chi connectivity index (χ4v) is 4.01. The van der Waals surface area contributed by atoms with E-state index < -0.39 is 9.84 Å². The molecule has 0 spiro atoms. The predicted molar refractivity (Wildman–Crippen MR) is 64.4 cm³/mol. The lowest BCUT2D eigenvalue weighted by molar-refractivity contribution is 0.431. The third kappa shape index (κ3) is 3.07. The minimum Gasteiger partial charge on any atom is -0.444 e. The lowest BCUT2D eigenvalue weighted by Crippen LogP contribution is -2.30. The molecule has 1 unspecified atom stereocenters. The summed E-state index contributed by atoms with van der Waals surface area (Å²) < 4.78 is 29.2. The van der Waals surface area contributed by atoms with Crippen LogP contribution in [0.5, 0.6) is 0 Å². The molecule has 6 heteroatoms. The molecule has 2 heterocycles. The van der Waals surface area contributed by atoms with E-state index in [9.17, 15) is 8.42 Å². The van der Waals surface area contributed by atoms with E-state index in [4.69, 9.17) is 4.42 Å². The Kier molecular flexibility index (Phi) is 3.83. The van der Waals surface area contributed by atoms with Crippen molar-refractivity contribution in [2.75, 3.05) is 12.8 Å². The molecule has 1 N–H and O–H groups in total. The third-order valence-corrected chi connectivity index (χ3v) is 5.34. The van der Waals surface area contributed by atoms with Crippen LogP contribution < -0.4 is 5.32 Å². The molecule has 0 aliphatic carbocycles. The normalized spacial score (nSPS) is 23.7. The van der Waals surface area contributed by atoms with E-state index in [0.717, 1.165) is 25.0 Å². The Labute approximate surface area is 102 Å². The molecule has 0 bridgehead atoms. The van der Waals surface area contributed by atoms with Crippen molar-refractivity contribution in [2.24, 2.45) is 0 Å². The largest absolute Gasteiger partial charge is 0.444 e. The van der Waals surface area contributed by atoms with Gasteiger partial charge in [0.05, 0.1) is 23.7 Å². The average molecular weight is 258 g/mol. The van der Waals surface area contributed by atoms with Crippen LogP contribution in [0, 0.1) is 0 Å². The minimum atomic E-state index is -2.94. The van der Waals surface area contributed by atoms with Crippen LogP contribution in [0.2, 0.25) is 0 Å². The minimum absolute atomic E-state index is 0.307. The Bertz CT molecular complexity index is 467. The summed E-state index contributed by atoms with van der Waals surface area (Å²) in [6, 6.07) is 0. The molecule has 17 heavy (non-hydrogen) atoms.